The molecule has 0 fully saturated rings. The Morgan fingerprint density at radius 2 is 2.14 bits per heavy atom. The fraction of sp³-hybridized carbons (Fsp3) is 0.143. The van der Waals surface area contributed by atoms with Crippen molar-refractivity contribution in [3.63, 3.8) is 0 Å². The van der Waals surface area contributed by atoms with Gasteiger partial charge in [0.1, 0.15) is 0 Å². The van der Waals surface area contributed by atoms with Crippen LogP contribution in [0.5, 0.6) is 0 Å². The van der Waals surface area contributed by atoms with E-state index < -0.39 is 5.95 Å². The molecule has 0 saturated heterocycles. The van der Waals surface area contributed by atoms with Gasteiger partial charge in [-0.15, -0.1) is 0 Å². The van der Waals surface area contributed by atoms with Gasteiger partial charge in [0.25, 0.3) is 5.89 Å². The van der Waals surface area contributed by atoms with Crippen LogP contribution < -0.4 is 0 Å². The largest absolute Gasteiger partial charge is 0.332 e. The molecule has 0 saturated carbocycles. The summed E-state index contributed by atoms with van der Waals surface area (Å²) in [7, 11) is 1.51. The van der Waals surface area contributed by atoms with Gasteiger partial charge in [0.15, 0.2) is 11.5 Å². The number of nitrogens with zero attached hydrogens (tertiary/aromatic N) is 6. The molecule has 4 rings (SSSR count). The number of imidazole rings is 1. The van der Waals surface area contributed by atoms with E-state index in [4.69, 9.17) is 4.52 Å². The lowest BCUT2D eigenvalue weighted by molar-refractivity contribution is 0.419. The summed E-state index contributed by atoms with van der Waals surface area (Å²) in [5, 5.41) is 7.87. The van der Waals surface area contributed by atoms with Crippen molar-refractivity contribution in [2.45, 2.75) is 6.54 Å². The Kier molecular flexibility index (Phi) is 2.75. The molecule has 0 radical (unpaired) electrons. The van der Waals surface area contributed by atoms with E-state index in [1.165, 1.54) is 13.1 Å². The van der Waals surface area contributed by atoms with Crippen LogP contribution in [0.2, 0.25) is 0 Å². The van der Waals surface area contributed by atoms with Crippen LogP contribution in [0.4, 0.5) is 4.39 Å². The number of aryl methyl sites for hydroxylation is 1. The van der Waals surface area contributed by atoms with Gasteiger partial charge in [-0.1, -0.05) is 17.3 Å². The molecule has 3 aromatic heterocycles. The highest BCUT2D eigenvalue weighted by molar-refractivity contribution is 5.74. The van der Waals surface area contributed by atoms with Crippen LogP contribution in [-0.4, -0.2) is 29.5 Å². The lowest BCUT2D eigenvalue weighted by Gasteiger charge is -1.98. The zero-order valence-electron chi connectivity index (χ0n) is 11.6. The molecule has 0 N–H and O–H groups in total. The minimum atomic E-state index is -0.463. The van der Waals surface area contributed by atoms with Crippen LogP contribution in [-0.2, 0) is 13.6 Å². The molecule has 22 heavy (non-hydrogen) atoms. The molecule has 0 spiro atoms. The molecule has 0 amide bonds. The summed E-state index contributed by atoms with van der Waals surface area (Å²) in [6.07, 6.45) is 1.72. The van der Waals surface area contributed by atoms with Crippen LogP contribution in [0.1, 0.15) is 5.82 Å². The minimum absolute atomic E-state index is 0.193. The van der Waals surface area contributed by atoms with Gasteiger partial charge in [-0.25, -0.2) is 9.67 Å². The van der Waals surface area contributed by atoms with E-state index in [2.05, 4.69) is 20.2 Å². The van der Waals surface area contributed by atoms with Gasteiger partial charge < -0.3 is 9.09 Å². The summed E-state index contributed by atoms with van der Waals surface area (Å²) >= 11 is 0. The van der Waals surface area contributed by atoms with Crippen molar-refractivity contribution < 1.29 is 8.91 Å². The van der Waals surface area contributed by atoms with Gasteiger partial charge >= 0.3 is 0 Å². The van der Waals surface area contributed by atoms with Crippen LogP contribution in [0.3, 0.4) is 0 Å². The predicted octanol–water partition coefficient (Wildman–Crippen LogP) is 2.01. The van der Waals surface area contributed by atoms with Crippen molar-refractivity contribution in [1.29, 1.82) is 0 Å². The number of hydrogen-bond acceptors (Lipinski definition) is 5. The number of benzene rings is 1. The SMILES string of the molecule is Cn1nc(-c2nc(Cn3cnc4ccccc43)no2)cc1F. The molecular formula is C14H11FN6O. The van der Waals surface area contributed by atoms with Gasteiger partial charge in [-0.3, -0.25) is 0 Å². The van der Waals surface area contributed by atoms with E-state index >= 15 is 0 Å². The lowest BCUT2D eigenvalue weighted by Crippen LogP contribution is -1.99. The Balaban J connectivity index is 1.64. The Hall–Kier alpha value is -3.03. The Bertz CT molecular complexity index is 934. The number of para-hydroxylation sites is 2. The van der Waals surface area contributed by atoms with E-state index in [-0.39, 0.29) is 5.89 Å². The van der Waals surface area contributed by atoms with Crippen LogP contribution >= 0.6 is 0 Å². The number of halogens is 1. The number of aromatic nitrogens is 6. The zero-order valence-corrected chi connectivity index (χ0v) is 11.6. The number of hydrogen-bond donors (Lipinski definition) is 0. The molecule has 0 aliphatic heterocycles. The minimum Gasteiger partial charge on any atom is -0.332 e. The predicted molar refractivity (Wildman–Crippen MR) is 75.3 cm³/mol. The molecule has 110 valence electrons. The molecule has 1 aromatic carbocycles. The molecule has 0 aliphatic rings. The summed E-state index contributed by atoms with van der Waals surface area (Å²) in [5.41, 5.74) is 2.20. The van der Waals surface area contributed by atoms with E-state index in [1.807, 2.05) is 28.8 Å². The summed E-state index contributed by atoms with van der Waals surface area (Å²) < 4.78 is 21.5. The molecule has 8 heteroatoms. The van der Waals surface area contributed by atoms with Crippen molar-refractivity contribution in [2.24, 2.45) is 7.05 Å². The van der Waals surface area contributed by atoms with Gasteiger partial charge in [-0.2, -0.15) is 14.5 Å². The van der Waals surface area contributed by atoms with Crippen LogP contribution in [0.25, 0.3) is 22.6 Å². The molecule has 7 nitrogen and oxygen atoms in total. The summed E-state index contributed by atoms with van der Waals surface area (Å²) in [5.74, 6) is 0.207. The Morgan fingerprint density at radius 3 is 2.95 bits per heavy atom. The van der Waals surface area contributed by atoms with Crippen molar-refractivity contribution in [3.05, 3.63) is 48.4 Å². The Labute approximate surface area is 124 Å². The van der Waals surface area contributed by atoms with Crippen molar-refractivity contribution in [3.8, 4) is 11.6 Å². The third-order valence-electron chi connectivity index (χ3n) is 3.35. The molecule has 0 bridgehead atoms. The third-order valence-corrected chi connectivity index (χ3v) is 3.35. The maximum absolute atomic E-state index is 13.3. The number of rotatable bonds is 3. The highest BCUT2D eigenvalue weighted by Gasteiger charge is 2.15. The number of fused-ring (bicyclic) bond motifs is 1. The van der Waals surface area contributed by atoms with E-state index in [0.29, 0.717) is 18.1 Å². The first-order chi connectivity index (χ1) is 10.7. The van der Waals surface area contributed by atoms with Crippen molar-refractivity contribution in [2.75, 3.05) is 0 Å². The van der Waals surface area contributed by atoms with Crippen LogP contribution in [0.15, 0.2) is 41.2 Å². The van der Waals surface area contributed by atoms with E-state index in [0.717, 1.165) is 15.7 Å². The molecule has 0 unspecified atom stereocenters. The standard InChI is InChI=1S/C14H11FN6O/c1-20-12(15)6-10(18-20)14-17-13(19-22-14)7-21-8-16-9-4-2-3-5-11(9)21/h2-6,8H,7H2,1H3. The van der Waals surface area contributed by atoms with Gasteiger partial charge in [0.05, 0.1) is 23.9 Å². The first kappa shape index (κ1) is 12.7. The fourth-order valence-corrected chi connectivity index (χ4v) is 2.26. The highest BCUT2D eigenvalue weighted by Crippen LogP contribution is 2.17. The molecule has 3 heterocycles. The average Bonchev–Trinajstić information content (AvgIpc) is 3.21. The van der Waals surface area contributed by atoms with Crippen LogP contribution in [0, 0.1) is 5.95 Å². The molecule has 4 aromatic rings. The topological polar surface area (TPSA) is 74.6 Å². The highest BCUT2D eigenvalue weighted by atomic mass is 19.1. The molecule has 0 aliphatic carbocycles. The normalized spacial score (nSPS) is 11.4. The fourth-order valence-electron chi connectivity index (χ4n) is 2.26. The monoisotopic (exact) mass is 298 g/mol. The summed E-state index contributed by atoms with van der Waals surface area (Å²) in [4.78, 5) is 8.55. The van der Waals surface area contributed by atoms with E-state index in [9.17, 15) is 4.39 Å². The van der Waals surface area contributed by atoms with E-state index in [1.54, 1.807) is 6.33 Å². The maximum atomic E-state index is 13.3. The first-order valence-corrected chi connectivity index (χ1v) is 6.63. The van der Waals surface area contributed by atoms with Crippen molar-refractivity contribution in [1.82, 2.24) is 29.5 Å². The quantitative estimate of drug-likeness (QED) is 0.578. The molecular weight excluding hydrogens is 287 g/mol. The van der Waals surface area contributed by atoms with Gasteiger partial charge in [0.2, 0.25) is 5.95 Å². The molecule has 0 atom stereocenters. The van der Waals surface area contributed by atoms with Crippen molar-refractivity contribution >= 4 is 11.0 Å². The smallest absolute Gasteiger partial charge is 0.278 e. The summed E-state index contributed by atoms with van der Waals surface area (Å²) in [6, 6.07) is 9.03. The van der Waals surface area contributed by atoms with Gasteiger partial charge in [-0.05, 0) is 12.1 Å². The zero-order chi connectivity index (χ0) is 15.1. The average molecular weight is 298 g/mol. The third kappa shape index (κ3) is 2.05. The first-order valence-electron chi connectivity index (χ1n) is 6.63. The lowest BCUT2D eigenvalue weighted by atomic mass is 10.3. The second-order valence-corrected chi connectivity index (χ2v) is 4.85. The second kappa shape index (κ2) is 4.76. The Morgan fingerprint density at radius 1 is 1.27 bits per heavy atom. The maximum Gasteiger partial charge on any atom is 0.278 e. The summed E-state index contributed by atoms with van der Waals surface area (Å²) in [6.45, 7) is 0.416. The second-order valence-electron chi connectivity index (χ2n) is 4.85. The van der Waals surface area contributed by atoms with Gasteiger partial charge in [0, 0.05) is 13.1 Å².